The molecule has 5 nitrogen and oxygen atoms in total. The Kier molecular flexibility index (Phi) is 4.15. The summed E-state index contributed by atoms with van der Waals surface area (Å²) in [4.78, 5) is 12.2. The van der Waals surface area contributed by atoms with Crippen molar-refractivity contribution in [3.05, 3.63) is 59.1 Å². The molecule has 26 heavy (non-hydrogen) atoms. The second-order valence-electron chi connectivity index (χ2n) is 5.49. The van der Waals surface area contributed by atoms with Crippen LogP contribution in [0.15, 0.2) is 47.0 Å². The first kappa shape index (κ1) is 16.6. The molecule has 0 aliphatic carbocycles. The van der Waals surface area contributed by atoms with Crippen LogP contribution in [0.2, 0.25) is 0 Å². The van der Waals surface area contributed by atoms with Crippen LogP contribution in [0.3, 0.4) is 0 Å². The fourth-order valence-corrected chi connectivity index (χ4v) is 3.39. The topological polar surface area (TPSA) is 64.7 Å². The lowest BCUT2D eigenvalue weighted by Gasteiger charge is -2.05. The van der Waals surface area contributed by atoms with E-state index in [1.165, 1.54) is 12.1 Å². The van der Waals surface area contributed by atoms with E-state index >= 15 is 0 Å². The molecule has 0 atom stereocenters. The molecule has 0 saturated carbocycles. The fourth-order valence-electron chi connectivity index (χ4n) is 2.42. The maximum absolute atomic E-state index is 12.8. The number of hydrogen-bond acceptors (Lipinski definition) is 6. The van der Waals surface area contributed by atoms with Crippen LogP contribution in [0.4, 0.5) is 13.2 Å². The second kappa shape index (κ2) is 6.49. The molecule has 1 aromatic carbocycles. The van der Waals surface area contributed by atoms with Crippen molar-refractivity contribution in [1.82, 2.24) is 20.1 Å². The van der Waals surface area contributed by atoms with E-state index in [1.54, 1.807) is 11.3 Å². The molecular formula is C17H11F3N4OS. The van der Waals surface area contributed by atoms with Crippen LogP contribution in [-0.2, 0) is 19.0 Å². The number of benzene rings is 1. The minimum atomic E-state index is -4.52. The normalized spacial score (nSPS) is 12.0. The Bertz CT molecular complexity index is 1020. The number of pyridine rings is 1. The average molecular weight is 376 g/mol. The number of thiazole rings is 1. The number of aromatic nitrogens is 4. The molecule has 0 fully saturated rings. The zero-order chi connectivity index (χ0) is 18.1. The summed E-state index contributed by atoms with van der Waals surface area (Å²) in [5, 5.41) is 4.67. The molecule has 3 heterocycles. The lowest BCUT2D eigenvalue weighted by Crippen LogP contribution is -2.08. The van der Waals surface area contributed by atoms with Crippen molar-refractivity contribution in [2.75, 3.05) is 0 Å². The highest BCUT2D eigenvalue weighted by Crippen LogP contribution is 2.29. The highest BCUT2D eigenvalue weighted by molar-refractivity contribution is 7.18. The summed E-state index contributed by atoms with van der Waals surface area (Å²) in [7, 11) is 0. The van der Waals surface area contributed by atoms with Gasteiger partial charge in [0, 0.05) is 12.8 Å². The van der Waals surface area contributed by atoms with Crippen LogP contribution in [0.25, 0.3) is 21.7 Å². The van der Waals surface area contributed by atoms with Crippen molar-refractivity contribution >= 4 is 21.6 Å². The van der Waals surface area contributed by atoms with Crippen LogP contribution in [0.5, 0.6) is 0 Å². The Morgan fingerprint density at radius 3 is 2.58 bits per heavy atom. The van der Waals surface area contributed by atoms with Gasteiger partial charge in [-0.05, 0) is 24.3 Å². The third-order valence-electron chi connectivity index (χ3n) is 3.63. The Morgan fingerprint density at radius 2 is 1.77 bits per heavy atom. The molecule has 4 aromatic rings. The lowest BCUT2D eigenvalue weighted by molar-refractivity contribution is -0.141. The van der Waals surface area contributed by atoms with E-state index in [-0.39, 0.29) is 11.5 Å². The summed E-state index contributed by atoms with van der Waals surface area (Å²) < 4.78 is 44.5. The van der Waals surface area contributed by atoms with Gasteiger partial charge in [0.2, 0.25) is 11.7 Å². The molecule has 0 aliphatic rings. The largest absolute Gasteiger partial charge is 0.433 e. The third kappa shape index (κ3) is 3.43. The van der Waals surface area contributed by atoms with Crippen molar-refractivity contribution in [3.63, 3.8) is 0 Å². The Hall–Kier alpha value is -2.81. The van der Waals surface area contributed by atoms with E-state index in [9.17, 15) is 13.2 Å². The van der Waals surface area contributed by atoms with Gasteiger partial charge in [-0.1, -0.05) is 23.4 Å². The molecule has 0 N–H and O–H groups in total. The average Bonchev–Trinajstić information content (AvgIpc) is 3.26. The number of hydrogen-bond donors (Lipinski definition) is 0. The van der Waals surface area contributed by atoms with E-state index < -0.39 is 11.9 Å². The van der Waals surface area contributed by atoms with Gasteiger partial charge in [0.15, 0.2) is 0 Å². The summed E-state index contributed by atoms with van der Waals surface area (Å²) in [6.45, 7) is 0. The summed E-state index contributed by atoms with van der Waals surface area (Å²) in [5.41, 5.74) is -0.0301. The Labute approximate surface area is 149 Å². The number of rotatable bonds is 4. The van der Waals surface area contributed by atoms with E-state index in [0.717, 1.165) is 21.3 Å². The Balaban J connectivity index is 1.49. The van der Waals surface area contributed by atoms with Crippen molar-refractivity contribution < 1.29 is 17.7 Å². The summed E-state index contributed by atoms with van der Waals surface area (Å²) in [6.07, 6.45) is -3.46. The van der Waals surface area contributed by atoms with Gasteiger partial charge in [0.05, 0.1) is 15.2 Å². The van der Waals surface area contributed by atoms with Crippen LogP contribution < -0.4 is 0 Å². The van der Waals surface area contributed by atoms with Gasteiger partial charge in [-0.15, -0.1) is 11.3 Å². The van der Waals surface area contributed by atoms with Crippen LogP contribution in [-0.4, -0.2) is 20.1 Å². The standard InChI is InChI=1S/C17H11F3N4OS/c18-17(19,20)13-7-3-5-11(21-13)16-23-14(25-24-16)8-9-15-22-10-4-1-2-6-12(10)26-15/h1-7H,8-9H2. The van der Waals surface area contributed by atoms with Crippen molar-refractivity contribution in [3.8, 4) is 11.5 Å². The molecule has 0 aliphatic heterocycles. The zero-order valence-corrected chi connectivity index (χ0v) is 14.0. The molecule has 0 spiro atoms. The van der Waals surface area contributed by atoms with Gasteiger partial charge in [-0.2, -0.15) is 18.2 Å². The quantitative estimate of drug-likeness (QED) is 0.523. The molecular weight excluding hydrogens is 365 g/mol. The van der Waals surface area contributed by atoms with Gasteiger partial charge >= 0.3 is 6.18 Å². The monoisotopic (exact) mass is 376 g/mol. The van der Waals surface area contributed by atoms with Gasteiger partial charge in [0.1, 0.15) is 11.4 Å². The minimum absolute atomic E-state index is 0.0230. The zero-order valence-electron chi connectivity index (χ0n) is 13.2. The van der Waals surface area contributed by atoms with Gasteiger partial charge in [-0.3, -0.25) is 0 Å². The molecule has 132 valence electrons. The van der Waals surface area contributed by atoms with E-state index in [1.807, 2.05) is 24.3 Å². The second-order valence-corrected chi connectivity index (χ2v) is 6.61. The molecule has 0 saturated heterocycles. The predicted octanol–water partition coefficient (Wildman–Crippen LogP) is 4.55. The minimum Gasteiger partial charge on any atom is -0.339 e. The first-order valence-electron chi connectivity index (χ1n) is 7.71. The number of fused-ring (bicyclic) bond motifs is 1. The maximum Gasteiger partial charge on any atom is 0.433 e. The first-order valence-corrected chi connectivity index (χ1v) is 8.52. The van der Waals surface area contributed by atoms with Crippen molar-refractivity contribution in [2.24, 2.45) is 0 Å². The predicted molar refractivity (Wildman–Crippen MR) is 89.6 cm³/mol. The maximum atomic E-state index is 12.8. The van der Waals surface area contributed by atoms with Gasteiger partial charge < -0.3 is 4.52 Å². The molecule has 9 heteroatoms. The third-order valence-corrected chi connectivity index (χ3v) is 4.72. The van der Waals surface area contributed by atoms with Gasteiger partial charge in [0.25, 0.3) is 0 Å². The summed E-state index contributed by atoms with van der Waals surface area (Å²) in [6, 6.07) is 11.4. The smallest absolute Gasteiger partial charge is 0.339 e. The molecule has 4 rings (SSSR count). The highest BCUT2D eigenvalue weighted by atomic mass is 32.1. The van der Waals surface area contributed by atoms with Crippen molar-refractivity contribution in [1.29, 1.82) is 0 Å². The SMILES string of the molecule is FC(F)(F)c1cccc(-c2noc(CCc3nc4ccccc4s3)n2)n1. The molecule has 0 radical (unpaired) electrons. The lowest BCUT2D eigenvalue weighted by atomic mass is 10.3. The van der Waals surface area contributed by atoms with Crippen LogP contribution in [0.1, 0.15) is 16.6 Å². The summed E-state index contributed by atoms with van der Waals surface area (Å²) >= 11 is 1.59. The fraction of sp³-hybridized carbons (Fsp3) is 0.176. The number of alkyl halides is 3. The van der Waals surface area contributed by atoms with Crippen LogP contribution in [0, 0.1) is 0 Å². The first-order chi connectivity index (χ1) is 12.5. The number of para-hydroxylation sites is 1. The molecule has 0 bridgehead atoms. The number of nitrogens with zero attached hydrogens (tertiary/aromatic N) is 4. The van der Waals surface area contributed by atoms with Crippen molar-refractivity contribution in [2.45, 2.75) is 19.0 Å². The van der Waals surface area contributed by atoms with E-state index in [4.69, 9.17) is 4.52 Å². The molecule has 3 aromatic heterocycles. The molecule has 0 unspecified atom stereocenters. The molecule has 0 amide bonds. The van der Waals surface area contributed by atoms with E-state index in [2.05, 4.69) is 20.1 Å². The highest BCUT2D eigenvalue weighted by Gasteiger charge is 2.32. The number of halogens is 3. The Morgan fingerprint density at radius 1 is 0.923 bits per heavy atom. The van der Waals surface area contributed by atoms with Gasteiger partial charge in [-0.25, -0.2) is 9.97 Å². The van der Waals surface area contributed by atoms with E-state index in [0.29, 0.717) is 18.7 Å². The number of aryl methyl sites for hydroxylation is 2. The van der Waals surface area contributed by atoms with Crippen LogP contribution >= 0.6 is 11.3 Å². The summed E-state index contributed by atoms with van der Waals surface area (Å²) in [5.74, 6) is 0.369.